The molecule has 0 saturated carbocycles. The van der Waals surface area contributed by atoms with E-state index in [1.54, 1.807) is 20.1 Å². The number of hydrogen-bond acceptors (Lipinski definition) is 5. The summed E-state index contributed by atoms with van der Waals surface area (Å²) in [5.41, 5.74) is 1.94. The molecule has 9 heteroatoms. The van der Waals surface area contributed by atoms with E-state index in [9.17, 15) is 13.2 Å². The van der Waals surface area contributed by atoms with Crippen molar-refractivity contribution >= 4 is 27.5 Å². The third kappa shape index (κ3) is 6.45. The molecule has 0 unspecified atom stereocenters. The third-order valence-electron chi connectivity index (χ3n) is 5.12. The number of carbonyl (C=O) groups excluding carboxylic acids is 1. The zero-order chi connectivity index (χ0) is 24.0. The number of benzene rings is 2. The highest BCUT2D eigenvalue weighted by molar-refractivity contribution is 7.89. The van der Waals surface area contributed by atoms with Crippen molar-refractivity contribution in [2.24, 2.45) is 0 Å². The van der Waals surface area contributed by atoms with Gasteiger partial charge in [-0.3, -0.25) is 4.79 Å². The molecular formula is C24H27ClN2O5S. The van der Waals surface area contributed by atoms with E-state index in [1.807, 2.05) is 36.4 Å². The van der Waals surface area contributed by atoms with Gasteiger partial charge in [-0.15, -0.1) is 0 Å². The quantitative estimate of drug-likeness (QED) is 0.448. The fourth-order valence-electron chi connectivity index (χ4n) is 3.05. The largest absolute Gasteiger partial charge is 0.467 e. The van der Waals surface area contributed by atoms with Crippen molar-refractivity contribution in [3.05, 3.63) is 88.3 Å². The molecule has 2 aromatic carbocycles. The summed E-state index contributed by atoms with van der Waals surface area (Å²) in [5.74, 6) is 0.294. The molecule has 0 fully saturated rings. The Balaban J connectivity index is 1.65. The van der Waals surface area contributed by atoms with Gasteiger partial charge in [0.2, 0.25) is 10.0 Å². The van der Waals surface area contributed by atoms with Gasteiger partial charge in [0.1, 0.15) is 12.4 Å². The van der Waals surface area contributed by atoms with Crippen LogP contribution in [-0.4, -0.2) is 31.7 Å². The van der Waals surface area contributed by atoms with E-state index in [2.05, 4.69) is 5.32 Å². The van der Waals surface area contributed by atoms with Crippen LogP contribution >= 0.6 is 11.6 Å². The summed E-state index contributed by atoms with van der Waals surface area (Å²) in [7, 11) is -2.24. The molecule has 0 saturated heterocycles. The highest BCUT2D eigenvalue weighted by atomic mass is 35.5. The highest BCUT2D eigenvalue weighted by Crippen LogP contribution is 2.23. The van der Waals surface area contributed by atoms with Gasteiger partial charge in [-0.25, -0.2) is 8.42 Å². The molecule has 0 aliphatic heterocycles. The van der Waals surface area contributed by atoms with Gasteiger partial charge >= 0.3 is 0 Å². The van der Waals surface area contributed by atoms with E-state index in [1.165, 1.54) is 29.6 Å². The zero-order valence-corrected chi connectivity index (χ0v) is 20.3. The monoisotopic (exact) mass is 490 g/mol. The Labute approximate surface area is 199 Å². The Kier molecular flexibility index (Phi) is 8.31. The van der Waals surface area contributed by atoms with E-state index < -0.39 is 15.9 Å². The number of hydrogen-bond donors (Lipinski definition) is 1. The van der Waals surface area contributed by atoms with Crippen LogP contribution in [0.25, 0.3) is 0 Å². The molecule has 0 aliphatic rings. The maximum atomic E-state index is 12.8. The predicted octanol–water partition coefficient (Wildman–Crippen LogP) is 4.61. The van der Waals surface area contributed by atoms with Crippen molar-refractivity contribution in [2.45, 2.75) is 44.5 Å². The number of halogens is 1. The number of sulfonamides is 1. The fourth-order valence-corrected chi connectivity index (χ4v) is 4.65. The average Bonchev–Trinajstić information content (AvgIpc) is 3.31. The van der Waals surface area contributed by atoms with Crippen molar-refractivity contribution in [3.63, 3.8) is 0 Å². The Hall–Kier alpha value is -2.65. The number of furan rings is 1. The number of ether oxygens (including phenoxy) is 1. The van der Waals surface area contributed by atoms with Crippen molar-refractivity contribution < 1.29 is 22.4 Å². The Morgan fingerprint density at radius 1 is 1.09 bits per heavy atom. The minimum Gasteiger partial charge on any atom is -0.467 e. The van der Waals surface area contributed by atoms with Crippen molar-refractivity contribution in [1.82, 2.24) is 9.62 Å². The van der Waals surface area contributed by atoms with Gasteiger partial charge in [-0.05, 0) is 55.3 Å². The summed E-state index contributed by atoms with van der Waals surface area (Å²) in [6.45, 7) is 4.58. The molecule has 1 amide bonds. The van der Waals surface area contributed by atoms with Crippen LogP contribution in [0.3, 0.4) is 0 Å². The summed E-state index contributed by atoms with van der Waals surface area (Å²) < 4.78 is 37.7. The molecule has 0 aliphatic carbocycles. The van der Waals surface area contributed by atoms with Gasteiger partial charge in [0.15, 0.2) is 0 Å². The van der Waals surface area contributed by atoms with Gasteiger partial charge < -0.3 is 14.5 Å². The molecule has 0 radical (unpaired) electrons. The normalized spacial score (nSPS) is 11.8. The highest BCUT2D eigenvalue weighted by Gasteiger charge is 2.25. The van der Waals surface area contributed by atoms with Gasteiger partial charge in [0.25, 0.3) is 5.91 Å². The first-order valence-corrected chi connectivity index (χ1v) is 12.2. The fraction of sp³-hybridized carbons (Fsp3) is 0.292. The van der Waals surface area contributed by atoms with Crippen LogP contribution in [0.4, 0.5) is 0 Å². The lowest BCUT2D eigenvalue weighted by atomic mass is 10.1. The molecule has 1 N–H and O–H groups in total. The van der Waals surface area contributed by atoms with E-state index >= 15 is 0 Å². The smallest absolute Gasteiger partial charge is 0.253 e. The van der Waals surface area contributed by atoms with Crippen molar-refractivity contribution in [1.29, 1.82) is 0 Å². The molecule has 1 heterocycles. The molecule has 3 aromatic rings. The van der Waals surface area contributed by atoms with E-state index in [0.717, 1.165) is 16.9 Å². The van der Waals surface area contributed by atoms with Crippen LogP contribution in [0.1, 0.15) is 41.1 Å². The average molecular weight is 491 g/mol. The van der Waals surface area contributed by atoms with Crippen molar-refractivity contribution in [2.75, 3.05) is 7.05 Å². The lowest BCUT2D eigenvalue weighted by Crippen LogP contribution is -2.33. The number of rotatable bonds is 10. The van der Waals surface area contributed by atoms with Crippen LogP contribution < -0.4 is 5.32 Å². The minimum absolute atomic E-state index is 0.0175. The zero-order valence-electron chi connectivity index (χ0n) is 18.7. The van der Waals surface area contributed by atoms with Crippen LogP contribution in [-0.2, 0) is 34.5 Å². The third-order valence-corrected chi connectivity index (χ3v) is 7.48. The van der Waals surface area contributed by atoms with Gasteiger partial charge in [0, 0.05) is 19.6 Å². The standard InChI is InChI=1S/C24H27ClN2O5S/c1-17(2)27(3)33(29,30)21-9-10-23(25)22(13-21)24(28)26-14-18-6-4-7-19(12-18)15-31-16-20-8-5-11-32-20/h4-13,17H,14-16H2,1-3H3,(H,26,28). The van der Waals surface area contributed by atoms with Gasteiger partial charge in [-0.1, -0.05) is 35.9 Å². The maximum Gasteiger partial charge on any atom is 0.253 e. The van der Waals surface area contributed by atoms with E-state index in [-0.39, 0.29) is 28.1 Å². The number of amides is 1. The topological polar surface area (TPSA) is 88.9 Å². The molecule has 7 nitrogen and oxygen atoms in total. The van der Waals surface area contributed by atoms with Crippen LogP contribution in [0.5, 0.6) is 0 Å². The molecule has 3 rings (SSSR count). The van der Waals surface area contributed by atoms with Gasteiger partial charge in [-0.2, -0.15) is 4.31 Å². The molecule has 1 aromatic heterocycles. The Morgan fingerprint density at radius 3 is 2.55 bits per heavy atom. The van der Waals surface area contributed by atoms with Gasteiger partial charge in [0.05, 0.1) is 28.4 Å². The SMILES string of the molecule is CC(C)N(C)S(=O)(=O)c1ccc(Cl)c(C(=O)NCc2cccc(COCc3ccco3)c2)c1. The van der Waals surface area contributed by atoms with Crippen LogP contribution in [0.2, 0.25) is 5.02 Å². The molecule has 33 heavy (non-hydrogen) atoms. The molecular weight excluding hydrogens is 464 g/mol. The second kappa shape index (κ2) is 11.0. The van der Waals surface area contributed by atoms with Crippen LogP contribution in [0.15, 0.2) is 70.2 Å². The summed E-state index contributed by atoms with van der Waals surface area (Å²) in [6.07, 6.45) is 1.60. The molecule has 176 valence electrons. The number of carbonyl (C=O) groups is 1. The van der Waals surface area contributed by atoms with Crippen LogP contribution in [0, 0.1) is 0 Å². The second-order valence-corrected chi connectivity index (χ2v) is 10.2. The summed E-state index contributed by atoms with van der Waals surface area (Å²) >= 11 is 6.20. The molecule has 0 atom stereocenters. The van der Waals surface area contributed by atoms with E-state index in [0.29, 0.717) is 13.2 Å². The summed E-state index contributed by atoms with van der Waals surface area (Å²) in [4.78, 5) is 12.8. The predicted molar refractivity (Wildman–Crippen MR) is 126 cm³/mol. The Morgan fingerprint density at radius 2 is 1.85 bits per heavy atom. The van der Waals surface area contributed by atoms with E-state index in [4.69, 9.17) is 20.8 Å². The molecule has 0 spiro atoms. The minimum atomic E-state index is -3.73. The first-order chi connectivity index (χ1) is 15.7. The summed E-state index contributed by atoms with van der Waals surface area (Å²) in [5, 5.41) is 2.98. The summed E-state index contributed by atoms with van der Waals surface area (Å²) in [6, 6.07) is 15.2. The number of nitrogens with zero attached hydrogens (tertiary/aromatic N) is 1. The lowest BCUT2D eigenvalue weighted by Gasteiger charge is -2.21. The maximum absolute atomic E-state index is 12.8. The number of nitrogens with one attached hydrogen (secondary N) is 1. The second-order valence-electron chi connectivity index (χ2n) is 7.83. The molecule has 0 bridgehead atoms. The first kappa shape index (κ1) is 25.0. The lowest BCUT2D eigenvalue weighted by molar-refractivity contribution is 0.0928. The van der Waals surface area contributed by atoms with Crippen molar-refractivity contribution in [3.8, 4) is 0 Å². The first-order valence-electron chi connectivity index (χ1n) is 10.4. The Bertz CT molecular complexity index is 1190.